The molecule has 0 bridgehead atoms. The highest BCUT2D eigenvalue weighted by atomic mass is 32.2. The summed E-state index contributed by atoms with van der Waals surface area (Å²) in [6, 6.07) is 16.5. The van der Waals surface area contributed by atoms with Gasteiger partial charge in [-0.15, -0.1) is 0 Å². The molecule has 20 heavy (non-hydrogen) atoms. The van der Waals surface area contributed by atoms with E-state index in [0.29, 0.717) is 13.2 Å². The Morgan fingerprint density at radius 1 is 0.650 bits per heavy atom. The summed E-state index contributed by atoms with van der Waals surface area (Å²) in [5.41, 5.74) is 2.51. The molecule has 0 spiro atoms. The molecule has 0 amide bonds. The molecule has 106 valence electrons. The van der Waals surface area contributed by atoms with Crippen molar-refractivity contribution in [3.8, 4) is 0 Å². The Hall–Kier alpha value is -0.940. The van der Waals surface area contributed by atoms with Crippen molar-refractivity contribution < 1.29 is 8.37 Å². The molecule has 0 aliphatic rings. The van der Waals surface area contributed by atoms with Crippen molar-refractivity contribution in [1.82, 2.24) is 0 Å². The van der Waals surface area contributed by atoms with Crippen LogP contribution in [0, 0.1) is 13.8 Å². The minimum Gasteiger partial charge on any atom is -0.308 e. The van der Waals surface area contributed by atoms with E-state index < -0.39 is 0 Å². The molecule has 0 aliphatic heterocycles. The smallest absolute Gasteiger partial charge is 0.0865 e. The van der Waals surface area contributed by atoms with Crippen molar-refractivity contribution in [2.75, 3.05) is 13.2 Å². The summed E-state index contributed by atoms with van der Waals surface area (Å²) in [4.78, 5) is 2.23. The molecule has 0 aliphatic carbocycles. The normalized spacial score (nSPS) is 10.7. The van der Waals surface area contributed by atoms with E-state index in [1.165, 1.54) is 35.2 Å². The first kappa shape index (κ1) is 15.4. The fourth-order valence-electron chi connectivity index (χ4n) is 1.48. The van der Waals surface area contributed by atoms with Crippen molar-refractivity contribution >= 4 is 24.1 Å². The van der Waals surface area contributed by atoms with E-state index in [9.17, 15) is 0 Å². The van der Waals surface area contributed by atoms with Crippen LogP contribution in [0.2, 0.25) is 0 Å². The number of rotatable bonds is 7. The lowest BCUT2D eigenvalue weighted by Gasteiger charge is -2.04. The average molecular weight is 306 g/mol. The third-order valence-electron chi connectivity index (χ3n) is 2.60. The first-order chi connectivity index (χ1) is 9.74. The molecule has 0 saturated carbocycles. The summed E-state index contributed by atoms with van der Waals surface area (Å²) in [5.74, 6) is 0. The van der Waals surface area contributed by atoms with Crippen molar-refractivity contribution in [2.45, 2.75) is 23.6 Å². The van der Waals surface area contributed by atoms with E-state index in [-0.39, 0.29) is 0 Å². The van der Waals surface area contributed by atoms with E-state index in [2.05, 4.69) is 62.4 Å². The monoisotopic (exact) mass is 306 g/mol. The Morgan fingerprint density at radius 3 is 1.35 bits per heavy atom. The fourth-order valence-corrected chi connectivity index (χ4v) is 2.54. The fraction of sp³-hybridized carbons (Fsp3) is 0.250. The Labute approximate surface area is 129 Å². The summed E-state index contributed by atoms with van der Waals surface area (Å²) < 4.78 is 11.0. The second-order valence-electron chi connectivity index (χ2n) is 4.44. The van der Waals surface area contributed by atoms with Crippen LogP contribution in [-0.2, 0) is 8.37 Å². The van der Waals surface area contributed by atoms with Crippen LogP contribution in [-0.4, -0.2) is 13.2 Å². The van der Waals surface area contributed by atoms with Crippen LogP contribution in [0.4, 0.5) is 0 Å². The summed E-state index contributed by atoms with van der Waals surface area (Å²) >= 11 is 2.78. The zero-order valence-electron chi connectivity index (χ0n) is 11.7. The van der Waals surface area contributed by atoms with Gasteiger partial charge in [-0.05, 0) is 38.1 Å². The van der Waals surface area contributed by atoms with Crippen LogP contribution in [0.15, 0.2) is 58.3 Å². The third kappa shape index (κ3) is 5.59. The van der Waals surface area contributed by atoms with Gasteiger partial charge >= 0.3 is 0 Å². The van der Waals surface area contributed by atoms with Crippen LogP contribution in [0.1, 0.15) is 11.1 Å². The SMILES string of the molecule is Cc1ccc(SOCCOSc2ccc(C)cc2)cc1. The maximum absolute atomic E-state index is 5.49. The van der Waals surface area contributed by atoms with Crippen molar-refractivity contribution in [3.63, 3.8) is 0 Å². The summed E-state index contributed by atoms with van der Waals surface area (Å²) in [6.45, 7) is 5.28. The molecular formula is C16H18O2S2. The molecule has 2 nitrogen and oxygen atoms in total. The van der Waals surface area contributed by atoms with E-state index >= 15 is 0 Å². The van der Waals surface area contributed by atoms with Crippen molar-refractivity contribution in [3.05, 3.63) is 59.7 Å². The van der Waals surface area contributed by atoms with E-state index in [0.717, 1.165) is 9.79 Å². The minimum absolute atomic E-state index is 0.567. The Kier molecular flexibility index (Phi) is 6.47. The van der Waals surface area contributed by atoms with E-state index in [4.69, 9.17) is 8.37 Å². The van der Waals surface area contributed by atoms with Gasteiger partial charge in [-0.2, -0.15) is 0 Å². The van der Waals surface area contributed by atoms with Crippen LogP contribution < -0.4 is 0 Å². The second kappa shape index (κ2) is 8.37. The van der Waals surface area contributed by atoms with Gasteiger partial charge in [-0.1, -0.05) is 35.4 Å². The molecule has 0 unspecified atom stereocenters. The minimum atomic E-state index is 0.567. The van der Waals surface area contributed by atoms with Crippen LogP contribution in [0.25, 0.3) is 0 Å². The second-order valence-corrected chi connectivity index (χ2v) is 6.18. The summed E-state index contributed by atoms with van der Waals surface area (Å²) in [7, 11) is 0. The lowest BCUT2D eigenvalue weighted by molar-refractivity contribution is 0.266. The van der Waals surface area contributed by atoms with Crippen LogP contribution in [0.5, 0.6) is 0 Å². The van der Waals surface area contributed by atoms with Gasteiger partial charge in [0.15, 0.2) is 0 Å². The Bertz CT molecular complexity index is 460. The number of benzene rings is 2. The Balaban J connectivity index is 1.57. The first-order valence-corrected chi connectivity index (χ1v) is 7.94. The molecule has 0 saturated heterocycles. The zero-order valence-corrected chi connectivity index (χ0v) is 13.3. The predicted octanol–water partition coefficient (Wildman–Crippen LogP) is 5.05. The highest BCUT2D eigenvalue weighted by molar-refractivity contribution is 7.95. The van der Waals surface area contributed by atoms with Gasteiger partial charge in [0.1, 0.15) is 0 Å². The molecule has 2 rings (SSSR count). The van der Waals surface area contributed by atoms with Gasteiger partial charge in [0.25, 0.3) is 0 Å². The predicted molar refractivity (Wildman–Crippen MR) is 86.0 cm³/mol. The van der Waals surface area contributed by atoms with Gasteiger partial charge in [0, 0.05) is 33.9 Å². The molecule has 0 heterocycles. The molecular weight excluding hydrogens is 288 g/mol. The maximum Gasteiger partial charge on any atom is 0.0865 e. The van der Waals surface area contributed by atoms with E-state index in [1.54, 1.807) is 0 Å². The molecule has 4 heteroatoms. The summed E-state index contributed by atoms with van der Waals surface area (Å²) in [6.07, 6.45) is 0. The zero-order chi connectivity index (χ0) is 14.2. The largest absolute Gasteiger partial charge is 0.308 e. The molecule has 2 aromatic rings. The number of aryl methyl sites for hydroxylation is 2. The van der Waals surface area contributed by atoms with Crippen molar-refractivity contribution in [2.24, 2.45) is 0 Å². The van der Waals surface area contributed by atoms with Gasteiger partial charge in [0.05, 0.1) is 13.2 Å². The highest BCUT2D eigenvalue weighted by Gasteiger charge is 1.97. The molecule has 0 atom stereocenters. The third-order valence-corrected chi connectivity index (χ3v) is 4.10. The van der Waals surface area contributed by atoms with Crippen LogP contribution in [0.3, 0.4) is 0 Å². The quantitative estimate of drug-likeness (QED) is 0.526. The molecule has 0 fully saturated rings. The lowest BCUT2D eigenvalue weighted by atomic mass is 10.2. The van der Waals surface area contributed by atoms with Gasteiger partial charge in [-0.25, -0.2) is 0 Å². The molecule has 0 aromatic heterocycles. The maximum atomic E-state index is 5.49. The average Bonchev–Trinajstić information content (AvgIpc) is 2.46. The number of hydrogen-bond acceptors (Lipinski definition) is 4. The summed E-state index contributed by atoms with van der Waals surface area (Å²) in [5, 5.41) is 0. The lowest BCUT2D eigenvalue weighted by Crippen LogP contribution is -1.95. The first-order valence-electron chi connectivity index (χ1n) is 6.46. The van der Waals surface area contributed by atoms with Gasteiger partial charge in [0.2, 0.25) is 0 Å². The molecule has 0 radical (unpaired) electrons. The standard InChI is InChI=1S/C16H18O2S2/c1-13-3-7-15(8-4-13)19-17-11-12-18-20-16-9-5-14(2)6-10-16/h3-10H,11-12H2,1-2H3. The molecule has 2 aromatic carbocycles. The van der Waals surface area contributed by atoms with Gasteiger partial charge in [-0.3, -0.25) is 0 Å². The van der Waals surface area contributed by atoms with Crippen molar-refractivity contribution in [1.29, 1.82) is 0 Å². The molecule has 0 N–H and O–H groups in total. The number of hydrogen-bond donors (Lipinski definition) is 0. The highest BCUT2D eigenvalue weighted by Crippen LogP contribution is 2.21. The van der Waals surface area contributed by atoms with Crippen LogP contribution >= 0.6 is 24.1 Å². The topological polar surface area (TPSA) is 18.5 Å². The Morgan fingerprint density at radius 2 is 1.00 bits per heavy atom. The van der Waals surface area contributed by atoms with E-state index in [1.807, 2.05) is 0 Å². The van der Waals surface area contributed by atoms with Gasteiger partial charge < -0.3 is 8.37 Å².